The molecule has 0 saturated carbocycles. The summed E-state index contributed by atoms with van der Waals surface area (Å²) in [6.07, 6.45) is 5.27. The molecule has 0 unspecified atom stereocenters. The van der Waals surface area contributed by atoms with Gasteiger partial charge < -0.3 is 14.4 Å². The van der Waals surface area contributed by atoms with Gasteiger partial charge in [0.25, 0.3) is 0 Å². The van der Waals surface area contributed by atoms with Crippen LogP contribution in [0.5, 0.6) is 5.75 Å². The van der Waals surface area contributed by atoms with E-state index in [-0.39, 0.29) is 23.2 Å². The number of likely N-dealkylation sites (tertiary alicyclic amines) is 1. The van der Waals surface area contributed by atoms with Gasteiger partial charge in [-0.25, -0.2) is 13.2 Å². The first-order chi connectivity index (χ1) is 19.0. The van der Waals surface area contributed by atoms with Crippen LogP contribution in [-0.2, 0) is 33.2 Å². The van der Waals surface area contributed by atoms with Crippen molar-refractivity contribution in [2.24, 2.45) is 0 Å². The van der Waals surface area contributed by atoms with Gasteiger partial charge in [-0.3, -0.25) is 4.98 Å². The van der Waals surface area contributed by atoms with Gasteiger partial charge >= 0.3 is 6.09 Å². The molecule has 1 saturated heterocycles. The van der Waals surface area contributed by atoms with Crippen molar-refractivity contribution in [3.8, 4) is 16.9 Å². The highest BCUT2D eigenvalue weighted by Crippen LogP contribution is 2.41. The van der Waals surface area contributed by atoms with Crippen molar-refractivity contribution in [2.45, 2.75) is 69.8 Å². The monoisotopic (exact) mass is 562 g/mol. The van der Waals surface area contributed by atoms with Crippen molar-refractivity contribution in [1.29, 1.82) is 0 Å². The maximum atomic E-state index is 12.7. The number of nitrogens with zero attached hydrogens (tertiary/aromatic N) is 2. The lowest BCUT2D eigenvalue weighted by Gasteiger charge is -2.44. The first-order valence-corrected chi connectivity index (χ1v) is 15.8. The molecule has 7 nitrogen and oxygen atoms in total. The first-order valence-electron chi connectivity index (χ1n) is 14.0. The number of aryl methyl sites for hydroxylation is 2. The highest BCUT2D eigenvalue weighted by Gasteiger charge is 2.41. The average molecular weight is 563 g/mol. The largest absolute Gasteiger partial charge is 0.487 e. The first kappa shape index (κ1) is 28.1. The van der Waals surface area contributed by atoms with Gasteiger partial charge in [0.15, 0.2) is 9.84 Å². The molecule has 40 heavy (non-hydrogen) atoms. The minimum Gasteiger partial charge on any atom is -0.487 e. The molecule has 0 radical (unpaired) electrons. The number of hydrogen-bond acceptors (Lipinski definition) is 6. The molecule has 2 aliphatic heterocycles. The van der Waals surface area contributed by atoms with Crippen LogP contribution in [0.3, 0.4) is 0 Å². The number of carbonyl (C=O) groups is 1. The zero-order valence-corrected chi connectivity index (χ0v) is 24.4. The Bertz CT molecular complexity index is 1440. The van der Waals surface area contributed by atoms with Gasteiger partial charge in [0, 0.05) is 44.2 Å². The predicted molar refractivity (Wildman–Crippen MR) is 156 cm³/mol. The molecule has 5 rings (SSSR count). The van der Waals surface area contributed by atoms with E-state index in [1.54, 1.807) is 11.1 Å². The molecule has 3 heterocycles. The van der Waals surface area contributed by atoms with E-state index in [0.29, 0.717) is 19.5 Å². The van der Waals surface area contributed by atoms with Crippen LogP contribution in [0.15, 0.2) is 66.9 Å². The number of ether oxygens (including phenoxy) is 2. The summed E-state index contributed by atoms with van der Waals surface area (Å²) in [4.78, 5) is 18.5. The summed E-state index contributed by atoms with van der Waals surface area (Å²) < 4.78 is 37.4. The molecule has 0 aliphatic carbocycles. The standard InChI is InChI=1S/C32H38N2O5S/c1-31(2,3)39-30(35)34-19-16-32(17-20-34)15-13-27-22-26(11-12-29(27)38-32)25-9-7-24(8-10-25)23-40(36,37)21-14-28-6-4-5-18-33-28/h4-12,18,22H,13-17,19-21,23H2,1-3H3. The summed E-state index contributed by atoms with van der Waals surface area (Å²) in [5.74, 6) is 1.01. The molecule has 1 spiro atoms. The van der Waals surface area contributed by atoms with Crippen molar-refractivity contribution in [2.75, 3.05) is 18.8 Å². The number of aromatic nitrogens is 1. The average Bonchev–Trinajstić information content (AvgIpc) is 2.92. The van der Waals surface area contributed by atoms with Crippen LogP contribution in [0.4, 0.5) is 4.79 Å². The lowest BCUT2D eigenvalue weighted by atomic mass is 9.82. The molecular weight excluding hydrogens is 524 g/mol. The van der Waals surface area contributed by atoms with Crippen LogP contribution < -0.4 is 4.74 Å². The Labute approximate surface area is 237 Å². The molecule has 3 aromatic rings. The number of fused-ring (bicyclic) bond motifs is 1. The van der Waals surface area contributed by atoms with Crippen LogP contribution in [0, 0.1) is 0 Å². The Hall–Kier alpha value is -3.39. The van der Waals surface area contributed by atoms with E-state index < -0.39 is 15.4 Å². The van der Waals surface area contributed by atoms with E-state index in [1.807, 2.05) is 69.3 Å². The number of piperidine rings is 1. The van der Waals surface area contributed by atoms with E-state index in [2.05, 4.69) is 17.1 Å². The molecule has 0 bridgehead atoms. The molecular formula is C32H38N2O5S. The van der Waals surface area contributed by atoms with Gasteiger partial charge in [0.1, 0.15) is 17.0 Å². The van der Waals surface area contributed by atoms with Crippen LogP contribution in [0.2, 0.25) is 0 Å². The van der Waals surface area contributed by atoms with Crippen molar-refractivity contribution in [3.63, 3.8) is 0 Å². The number of sulfone groups is 1. The van der Waals surface area contributed by atoms with Crippen molar-refractivity contribution in [3.05, 3.63) is 83.7 Å². The summed E-state index contributed by atoms with van der Waals surface area (Å²) in [5, 5.41) is 0. The SMILES string of the molecule is CC(C)(C)OC(=O)N1CCC2(CCc3cc(-c4ccc(CS(=O)(=O)CCc5ccccn5)cc4)ccc3O2)CC1. The smallest absolute Gasteiger partial charge is 0.410 e. The van der Waals surface area contributed by atoms with Gasteiger partial charge in [0.05, 0.1) is 11.5 Å². The Balaban J connectivity index is 1.18. The van der Waals surface area contributed by atoms with Gasteiger partial charge in [-0.15, -0.1) is 0 Å². The third-order valence-electron chi connectivity index (χ3n) is 7.63. The second kappa shape index (κ2) is 11.2. The van der Waals surface area contributed by atoms with Gasteiger partial charge in [0.2, 0.25) is 0 Å². The van der Waals surface area contributed by atoms with Gasteiger partial charge in [-0.2, -0.15) is 0 Å². The summed E-state index contributed by atoms with van der Waals surface area (Å²) >= 11 is 0. The van der Waals surface area contributed by atoms with Gasteiger partial charge in [-0.1, -0.05) is 36.4 Å². The van der Waals surface area contributed by atoms with E-state index in [1.165, 1.54) is 5.56 Å². The Morgan fingerprint density at radius 2 is 1.73 bits per heavy atom. The number of pyridine rings is 1. The molecule has 2 aromatic carbocycles. The second-order valence-electron chi connectivity index (χ2n) is 11.9. The fraction of sp³-hybridized carbons (Fsp3) is 0.438. The zero-order valence-electron chi connectivity index (χ0n) is 23.6. The van der Waals surface area contributed by atoms with Crippen LogP contribution in [-0.4, -0.2) is 54.4 Å². The van der Waals surface area contributed by atoms with E-state index >= 15 is 0 Å². The number of carbonyl (C=O) groups excluding carboxylic acids is 1. The molecule has 212 valence electrons. The number of benzene rings is 2. The minimum absolute atomic E-state index is 0.0194. The summed E-state index contributed by atoms with van der Waals surface area (Å²) in [6.45, 7) is 6.92. The fourth-order valence-corrected chi connectivity index (χ4v) is 6.77. The number of rotatable bonds is 6. The summed E-state index contributed by atoms with van der Waals surface area (Å²) in [5.41, 5.74) is 4.14. The zero-order chi connectivity index (χ0) is 28.4. The van der Waals surface area contributed by atoms with E-state index in [0.717, 1.165) is 53.8 Å². The number of amides is 1. The van der Waals surface area contributed by atoms with Crippen molar-refractivity contribution >= 4 is 15.9 Å². The van der Waals surface area contributed by atoms with Crippen LogP contribution in [0.25, 0.3) is 11.1 Å². The molecule has 2 aliphatic rings. The van der Waals surface area contributed by atoms with Crippen molar-refractivity contribution < 1.29 is 22.7 Å². The molecule has 1 fully saturated rings. The normalized spacial score (nSPS) is 16.7. The fourth-order valence-electron chi connectivity index (χ4n) is 5.40. The Morgan fingerprint density at radius 1 is 1.00 bits per heavy atom. The molecule has 0 atom stereocenters. The maximum Gasteiger partial charge on any atom is 0.410 e. The van der Waals surface area contributed by atoms with Crippen molar-refractivity contribution in [1.82, 2.24) is 9.88 Å². The van der Waals surface area contributed by atoms with Crippen LogP contribution in [0.1, 0.15) is 56.9 Å². The number of hydrogen-bond donors (Lipinski definition) is 0. The highest BCUT2D eigenvalue weighted by molar-refractivity contribution is 7.90. The third kappa shape index (κ3) is 7.02. The molecule has 8 heteroatoms. The second-order valence-corrected chi connectivity index (χ2v) is 14.1. The Kier molecular flexibility index (Phi) is 7.91. The molecule has 1 amide bonds. The lowest BCUT2D eigenvalue weighted by Crippen LogP contribution is -2.52. The highest BCUT2D eigenvalue weighted by atomic mass is 32.2. The van der Waals surface area contributed by atoms with E-state index in [9.17, 15) is 13.2 Å². The van der Waals surface area contributed by atoms with Crippen LogP contribution >= 0.6 is 0 Å². The maximum absolute atomic E-state index is 12.7. The summed E-state index contributed by atoms with van der Waals surface area (Å²) in [7, 11) is -3.24. The van der Waals surface area contributed by atoms with E-state index in [4.69, 9.17) is 9.47 Å². The lowest BCUT2D eigenvalue weighted by molar-refractivity contribution is -0.0272. The topological polar surface area (TPSA) is 85.8 Å². The Morgan fingerprint density at radius 3 is 2.40 bits per heavy atom. The predicted octanol–water partition coefficient (Wildman–Crippen LogP) is 6.00. The molecule has 0 N–H and O–H groups in total. The van der Waals surface area contributed by atoms with Gasteiger partial charge in [-0.05, 0) is 80.1 Å². The minimum atomic E-state index is -3.24. The third-order valence-corrected chi connectivity index (χ3v) is 9.23. The quantitative estimate of drug-likeness (QED) is 0.366. The summed E-state index contributed by atoms with van der Waals surface area (Å²) in [6, 6.07) is 19.6. The molecule has 1 aromatic heterocycles.